The number of benzene rings is 2. The summed E-state index contributed by atoms with van der Waals surface area (Å²) in [6.45, 7) is 1.74. The van der Waals surface area contributed by atoms with E-state index in [0.29, 0.717) is 16.1 Å². The molecule has 0 bridgehead atoms. The van der Waals surface area contributed by atoms with Gasteiger partial charge in [0.25, 0.3) is 11.8 Å². The van der Waals surface area contributed by atoms with Gasteiger partial charge in [0.1, 0.15) is 0 Å². The van der Waals surface area contributed by atoms with Crippen LogP contribution in [-0.4, -0.2) is 27.8 Å². The minimum atomic E-state index is -0.795. The maximum atomic E-state index is 12.7. The Morgan fingerprint density at radius 2 is 1.64 bits per heavy atom. The molecule has 3 aromatic rings. The molecule has 4 rings (SSSR count). The van der Waals surface area contributed by atoms with Gasteiger partial charge in [-0.1, -0.05) is 35.4 Å². The Bertz CT molecular complexity index is 1020. The quantitative estimate of drug-likeness (QED) is 0.674. The zero-order valence-corrected chi connectivity index (χ0v) is 13.2. The van der Waals surface area contributed by atoms with Gasteiger partial charge in [-0.05, 0) is 30.7 Å². The summed E-state index contributed by atoms with van der Waals surface area (Å²) in [5, 5.41) is 1.27. The van der Waals surface area contributed by atoms with Crippen LogP contribution < -0.4 is 0 Å². The van der Waals surface area contributed by atoms with Crippen molar-refractivity contribution in [3.8, 4) is 0 Å². The highest BCUT2D eigenvalue weighted by Crippen LogP contribution is 2.25. The predicted octanol–water partition coefficient (Wildman–Crippen LogP) is 2.91. The van der Waals surface area contributed by atoms with Gasteiger partial charge in [0.2, 0.25) is 0 Å². The summed E-state index contributed by atoms with van der Waals surface area (Å²) in [4.78, 5) is 46.7. The third-order valence-corrected chi connectivity index (χ3v) is 4.12. The first-order valence-corrected chi connectivity index (χ1v) is 7.62. The minimum absolute atomic E-state index is 0.216. The topological polar surface area (TPSA) is 76.6 Å². The fourth-order valence-corrected chi connectivity index (χ4v) is 2.88. The molecule has 0 atom stereocenters. The van der Waals surface area contributed by atoms with Crippen molar-refractivity contribution in [3.63, 3.8) is 0 Å². The number of rotatable bonds is 2. The number of imide groups is 1. The van der Waals surface area contributed by atoms with Gasteiger partial charge in [0.05, 0.1) is 22.2 Å². The van der Waals surface area contributed by atoms with Crippen LogP contribution in [0.2, 0.25) is 0 Å². The molecular weight excluding hydrogens is 320 g/mol. The van der Waals surface area contributed by atoms with E-state index < -0.39 is 17.8 Å². The number of hydrogen-bond donors (Lipinski definition) is 0. The number of carbonyl (C=O) groups is 3. The van der Waals surface area contributed by atoms with Crippen molar-refractivity contribution in [3.05, 3.63) is 77.0 Å². The molecule has 1 aliphatic heterocycles. The average Bonchev–Trinajstić information content (AvgIpc) is 2.87. The Balaban J connectivity index is 1.72. The Hall–Kier alpha value is -3.54. The van der Waals surface area contributed by atoms with Gasteiger partial charge in [-0.15, -0.1) is 0 Å². The number of nitrogens with zero attached hydrogens (tertiary/aromatic N) is 2. The number of amides is 2. The van der Waals surface area contributed by atoms with Crippen molar-refractivity contribution in [2.75, 3.05) is 0 Å². The molecule has 122 valence electrons. The zero-order valence-electron chi connectivity index (χ0n) is 13.2. The van der Waals surface area contributed by atoms with Gasteiger partial charge in [0.15, 0.2) is 0 Å². The second kappa shape index (κ2) is 5.52. The third-order valence-electron chi connectivity index (χ3n) is 4.12. The van der Waals surface area contributed by atoms with Crippen LogP contribution in [0.4, 0.5) is 0 Å². The van der Waals surface area contributed by atoms with E-state index in [9.17, 15) is 14.4 Å². The lowest BCUT2D eigenvalue weighted by Gasteiger charge is -2.14. The third kappa shape index (κ3) is 2.27. The fourth-order valence-electron chi connectivity index (χ4n) is 2.88. The van der Waals surface area contributed by atoms with Crippen molar-refractivity contribution < 1.29 is 19.2 Å². The lowest BCUT2D eigenvalue weighted by molar-refractivity contribution is -0.0583. The number of fused-ring (bicyclic) bond motifs is 2. The molecule has 1 aromatic heterocycles. The summed E-state index contributed by atoms with van der Waals surface area (Å²) in [6, 6.07) is 13.5. The van der Waals surface area contributed by atoms with E-state index >= 15 is 0 Å². The number of carbonyl (C=O) groups excluding carboxylic acids is 3. The molecule has 0 unspecified atom stereocenters. The molecule has 0 fully saturated rings. The van der Waals surface area contributed by atoms with Crippen LogP contribution >= 0.6 is 0 Å². The van der Waals surface area contributed by atoms with Gasteiger partial charge in [-0.2, -0.15) is 0 Å². The van der Waals surface area contributed by atoms with Gasteiger partial charge in [0, 0.05) is 11.6 Å². The van der Waals surface area contributed by atoms with Crippen LogP contribution in [0, 0.1) is 6.92 Å². The lowest BCUT2D eigenvalue weighted by atomic mass is 10.0. The van der Waals surface area contributed by atoms with Crippen LogP contribution in [0.25, 0.3) is 10.9 Å². The zero-order chi connectivity index (χ0) is 17.6. The molecule has 0 spiro atoms. The molecule has 2 amide bonds. The Labute approximate surface area is 142 Å². The standard InChI is InChI=1S/C19H12N2O4/c1-11-8-9-12-5-4-10-20-16(12)15(11)19(24)25-21-17(22)13-6-2-3-7-14(13)18(21)23/h2-10H,1H3. The maximum Gasteiger partial charge on any atom is 0.366 e. The molecule has 0 saturated heterocycles. The van der Waals surface area contributed by atoms with Gasteiger partial charge < -0.3 is 4.84 Å². The highest BCUT2D eigenvalue weighted by atomic mass is 16.7. The van der Waals surface area contributed by atoms with Crippen molar-refractivity contribution in [2.24, 2.45) is 0 Å². The monoisotopic (exact) mass is 332 g/mol. The molecule has 1 aliphatic rings. The van der Waals surface area contributed by atoms with E-state index in [1.165, 1.54) is 12.1 Å². The molecule has 0 N–H and O–H groups in total. The molecule has 0 aliphatic carbocycles. The van der Waals surface area contributed by atoms with E-state index in [4.69, 9.17) is 4.84 Å². The SMILES string of the molecule is Cc1ccc2cccnc2c1C(=O)ON1C(=O)c2ccccc2C1=O. The smallest absolute Gasteiger partial charge is 0.324 e. The van der Waals surface area contributed by atoms with E-state index in [-0.39, 0.29) is 16.7 Å². The van der Waals surface area contributed by atoms with Crippen molar-refractivity contribution in [1.82, 2.24) is 10.0 Å². The van der Waals surface area contributed by atoms with Crippen molar-refractivity contribution in [1.29, 1.82) is 0 Å². The van der Waals surface area contributed by atoms with E-state index in [0.717, 1.165) is 5.39 Å². The molecular formula is C19H12N2O4. The van der Waals surface area contributed by atoms with Crippen LogP contribution in [0.3, 0.4) is 0 Å². The fraction of sp³-hybridized carbons (Fsp3) is 0.0526. The summed E-state index contributed by atoms with van der Waals surface area (Å²) >= 11 is 0. The van der Waals surface area contributed by atoms with Crippen molar-refractivity contribution >= 4 is 28.7 Å². The summed E-state index contributed by atoms with van der Waals surface area (Å²) in [7, 11) is 0. The van der Waals surface area contributed by atoms with Crippen LogP contribution in [-0.2, 0) is 4.84 Å². The minimum Gasteiger partial charge on any atom is -0.324 e. The molecule has 25 heavy (non-hydrogen) atoms. The molecule has 0 radical (unpaired) electrons. The summed E-state index contributed by atoms with van der Waals surface area (Å²) in [5.74, 6) is -2.10. The number of hydrogen-bond acceptors (Lipinski definition) is 5. The van der Waals surface area contributed by atoms with Gasteiger partial charge in [-0.25, -0.2) is 4.79 Å². The summed E-state index contributed by atoms with van der Waals surface area (Å²) in [5.41, 5.74) is 1.77. The number of aryl methyl sites for hydroxylation is 1. The van der Waals surface area contributed by atoms with Crippen LogP contribution in [0.5, 0.6) is 0 Å². The number of hydroxylamine groups is 2. The van der Waals surface area contributed by atoms with Gasteiger partial charge in [-0.3, -0.25) is 14.6 Å². The Morgan fingerprint density at radius 3 is 2.32 bits per heavy atom. The van der Waals surface area contributed by atoms with E-state index in [2.05, 4.69) is 4.98 Å². The normalized spacial score (nSPS) is 13.2. The summed E-state index contributed by atoms with van der Waals surface area (Å²) < 4.78 is 0. The van der Waals surface area contributed by atoms with Crippen molar-refractivity contribution in [2.45, 2.75) is 6.92 Å². The Kier molecular flexibility index (Phi) is 3.32. The highest BCUT2D eigenvalue weighted by molar-refractivity contribution is 6.21. The predicted molar refractivity (Wildman–Crippen MR) is 88.8 cm³/mol. The molecule has 2 heterocycles. The second-order valence-corrected chi connectivity index (χ2v) is 5.66. The van der Waals surface area contributed by atoms with Crippen LogP contribution in [0.15, 0.2) is 54.7 Å². The van der Waals surface area contributed by atoms with Gasteiger partial charge >= 0.3 is 5.97 Å². The largest absolute Gasteiger partial charge is 0.366 e. The van der Waals surface area contributed by atoms with Crippen LogP contribution in [0.1, 0.15) is 36.6 Å². The van der Waals surface area contributed by atoms with E-state index in [1.807, 2.05) is 12.1 Å². The molecule has 2 aromatic carbocycles. The molecule has 6 nitrogen and oxygen atoms in total. The highest BCUT2D eigenvalue weighted by Gasteiger charge is 2.39. The number of aromatic nitrogens is 1. The Morgan fingerprint density at radius 1 is 0.960 bits per heavy atom. The first-order valence-electron chi connectivity index (χ1n) is 7.62. The average molecular weight is 332 g/mol. The first-order chi connectivity index (χ1) is 12.1. The molecule has 0 saturated carbocycles. The first kappa shape index (κ1) is 15.0. The maximum absolute atomic E-state index is 12.7. The lowest BCUT2D eigenvalue weighted by Crippen LogP contribution is -2.33. The van der Waals surface area contributed by atoms with E-state index in [1.54, 1.807) is 37.4 Å². The summed E-state index contributed by atoms with van der Waals surface area (Å²) in [6.07, 6.45) is 1.57. The molecule has 6 heteroatoms. The second-order valence-electron chi connectivity index (χ2n) is 5.66. The number of pyridine rings is 1.